The largest absolute Gasteiger partial charge is 0.412 e. The van der Waals surface area contributed by atoms with E-state index < -0.39 is 8.32 Å². The molecular formula is C20H26N4O2Si. The minimum Gasteiger partial charge on any atom is -0.412 e. The molecule has 0 saturated heterocycles. The van der Waals surface area contributed by atoms with Crippen molar-refractivity contribution in [2.75, 3.05) is 0 Å². The second-order valence-corrected chi connectivity index (χ2v) is 12.3. The lowest BCUT2D eigenvalue weighted by Gasteiger charge is -2.36. The number of aromatic nitrogens is 2. The van der Waals surface area contributed by atoms with Crippen molar-refractivity contribution in [3.05, 3.63) is 70.6 Å². The first-order valence-corrected chi connectivity index (χ1v) is 11.4. The van der Waals surface area contributed by atoms with Gasteiger partial charge in [-0.3, -0.25) is 0 Å². The Kier molecular flexibility index (Phi) is 8.26. The molecule has 0 unspecified atom stereocenters. The zero-order valence-electron chi connectivity index (χ0n) is 16.5. The highest BCUT2D eigenvalue weighted by Crippen LogP contribution is 2.37. The third-order valence-electron chi connectivity index (χ3n) is 4.44. The van der Waals surface area contributed by atoms with Crippen LogP contribution in [0.2, 0.25) is 18.1 Å². The summed E-state index contributed by atoms with van der Waals surface area (Å²) in [5, 5.41) is 8.80. The Balaban J connectivity index is 0.000000309. The molecule has 2 rings (SSSR count). The maximum Gasteiger partial charge on any atom is 0.269 e. The van der Waals surface area contributed by atoms with Gasteiger partial charge in [0.2, 0.25) is 0 Å². The fourth-order valence-corrected chi connectivity index (χ4v) is 2.59. The monoisotopic (exact) mass is 382 g/mol. The molecular weight excluding hydrogens is 356 g/mol. The molecule has 6 nitrogen and oxygen atoms in total. The van der Waals surface area contributed by atoms with Gasteiger partial charge in [0.15, 0.2) is 8.32 Å². The summed E-state index contributed by atoms with van der Waals surface area (Å²) in [5.74, 6) is 0.790. The van der Waals surface area contributed by atoms with Crippen LogP contribution in [0.3, 0.4) is 0 Å². The van der Waals surface area contributed by atoms with Crippen LogP contribution in [0, 0.1) is 13.1 Å². The predicted molar refractivity (Wildman–Crippen MR) is 109 cm³/mol. The van der Waals surface area contributed by atoms with Crippen molar-refractivity contribution >= 4 is 20.0 Å². The van der Waals surface area contributed by atoms with Crippen LogP contribution in [-0.2, 0) is 17.6 Å². The highest BCUT2D eigenvalue weighted by atomic mass is 28.4. The highest BCUT2D eigenvalue weighted by molar-refractivity contribution is 6.74. The molecule has 142 valence electrons. The van der Waals surface area contributed by atoms with Crippen molar-refractivity contribution in [2.24, 2.45) is 0 Å². The van der Waals surface area contributed by atoms with Crippen LogP contribution in [0.4, 0.5) is 11.6 Å². The molecule has 0 aliphatic heterocycles. The summed E-state index contributed by atoms with van der Waals surface area (Å²) in [6.45, 7) is 25.1. The van der Waals surface area contributed by atoms with Crippen LogP contribution in [0.5, 0.6) is 0 Å². The first-order valence-electron chi connectivity index (χ1n) is 8.52. The Morgan fingerprint density at radius 1 is 0.963 bits per heavy atom. The molecule has 0 bridgehead atoms. The fourth-order valence-electron chi connectivity index (χ4n) is 1.62. The molecule has 0 aliphatic carbocycles. The van der Waals surface area contributed by atoms with E-state index in [0.29, 0.717) is 18.2 Å². The average molecular weight is 383 g/mol. The fraction of sp³-hybridized carbons (Fsp3) is 0.400. The van der Waals surface area contributed by atoms with Crippen molar-refractivity contribution < 1.29 is 9.53 Å². The van der Waals surface area contributed by atoms with Gasteiger partial charge >= 0.3 is 0 Å². The van der Waals surface area contributed by atoms with Gasteiger partial charge in [-0.2, -0.15) is 0 Å². The summed E-state index contributed by atoms with van der Waals surface area (Å²) in [7, 11) is -1.70. The van der Waals surface area contributed by atoms with Crippen LogP contribution in [0.25, 0.3) is 9.69 Å². The van der Waals surface area contributed by atoms with E-state index in [9.17, 15) is 0 Å². The standard InChI is InChI=1S/C13H20N2OSi.C7H6N2O/c1-13(2,3)17(5,6)16-10-11-7-8-12(14-4)15-9-11;1-8-7-3-2-6(5-10)4-9-7/h7-9H,10H2,1-3,5-6H3;2-4,10H,5H2. The Morgan fingerprint density at radius 2 is 1.44 bits per heavy atom. The molecule has 2 aromatic heterocycles. The third kappa shape index (κ3) is 7.28. The summed E-state index contributed by atoms with van der Waals surface area (Å²) in [6.07, 6.45) is 3.22. The number of aliphatic hydroxyl groups is 1. The molecule has 0 aromatic carbocycles. The number of hydrogen-bond donors (Lipinski definition) is 1. The Morgan fingerprint density at radius 3 is 1.78 bits per heavy atom. The highest BCUT2D eigenvalue weighted by Gasteiger charge is 2.37. The third-order valence-corrected chi connectivity index (χ3v) is 8.91. The second-order valence-electron chi connectivity index (χ2n) is 7.48. The van der Waals surface area contributed by atoms with E-state index >= 15 is 0 Å². The summed E-state index contributed by atoms with van der Waals surface area (Å²) in [6, 6.07) is 6.91. The summed E-state index contributed by atoms with van der Waals surface area (Å²) >= 11 is 0. The first kappa shape index (κ1) is 22.5. The average Bonchev–Trinajstić information content (AvgIpc) is 2.66. The van der Waals surface area contributed by atoms with E-state index in [1.165, 1.54) is 6.20 Å². The lowest BCUT2D eigenvalue weighted by atomic mass is 10.2. The molecule has 27 heavy (non-hydrogen) atoms. The van der Waals surface area contributed by atoms with Crippen molar-refractivity contribution in [2.45, 2.75) is 52.1 Å². The molecule has 0 atom stereocenters. The normalized spacial score (nSPS) is 11.0. The van der Waals surface area contributed by atoms with Crippen LogP contribution >= 0.6 is 0 Å². The van der Waals surface area contributed by atoms with Crippen LogP contribution in [0.1, 0.15) is 31.9 Å². The van der Waals surface area contributed by atoms with Gasteiger partial charge in [-0.05, 0) is 30.3 Å². The zero-order valence-corrected chi connectivity index (χ0v) is 17.5. The molecule has 2 aromatic rings. The molecule has 0 saturated carbocycles. The summed E-state index contributed by atoms with van der Waals surface area (Å²) in [5.41, 5.74) is 1.76. The van der Waals surface area contributed by atoms with Gasteiger partial charge in [0.25, 0.3) is 11.6 Å². The smallest absolute Gasteiger partial charge is 0.269 e. The molecule has 0 spiro atoms. The molecule has 0 amide bonds. The minimum atomic E-state index is -1.70. The lowest BCUT2D eigenvalue weighted by molar-refractivity contribution is 0.276. The number of aliphatic hydroxyl groups excluding tert-OH is 1. The molecule has 0 fully saturated rings. The minimum absolute atomic E-state index is 0.0225. The maximum absolute atomic E-state index is 8.58. The SMILES string of the molecule is [C-]#[N+]c1ccc(CO)cn1.[C-]#[N+]c1ccc(CO[Si](C)(C)C(C)(C)C)cn1. The molecule has 0 radical (unpaired) electrons. The van der Waals surface area contributed by atoms with Gasteiger partial charge in [0, 0.05) is 11.1 Å². The lowest BCUT2D eigenvalue weighted by Crippen LogP contribution is -2.40. The quantitative estimate of drug-likeness (QED) is 0.577. The Hall–Kier alpha value is -2.58. The van der Waals surface area contributed by atoms with Gasteiger partial charge in [-0.15, -0.1) is 9.97 Å². The van der Waals surface area contributed by atoms with E-state index in [0.717, 1.165) is 11.1 Å². The number of pyridine rings is 2. The van der Waals surface area contributed by atoms with Gasteiger partial charge in [-0.25, -0.2) is 0 Å². The first-order chi connectivity index (χ1) is 12.6. The maximum atomic E-state index is 8.58. The number of hydrogen-bond acceptors (Lipinski definition) is 4. The van der Waals surface area contributed by atoms with E-state index in [1.54, 1.807) is 24.4 Å². The molecule has 2 heterocycles. The summed E-state index contributed by atoms with van der Waals surface area (Å²) < 4.78 is 6.07. The summed E-state index contributed by atoms with van der Waals surface area (Å²) in [4.78, 5) is 14.2. The van der Waals surface area contributed by atoms with E-state index in [4.69, 9.17) is 22.7 Å². The van der Waals surface area contributed by atoms with Crippen molar-refractivity contribution in [3.63, 3.8) is 0 Å². The predicted octanol–water partition coefficient (Wildman–Crippen LogP) is 5.28. The topological polar surface area (TPSA) is 64.0 Å². The van der Waals surface area contributed by atoms with E-state index in [2.05, 4.69) is 53.5 Å². The number of nitrogens with zero attached hydrogens (tertiary/aromatic N) is 4. The van der Waals surface area contributed by atoms with Crippen LogP contribution in [-0.4, -0.2) is 23.4 Å². The molecule has 7 heteroatoms. The molecule has 1 N–H and O–H groups in total. The van der Waals surface area contributed by atoms with Crippen molar-refractivity contribution in [3.8, 4) is 0 Å². The van der Waals surface area contributed by atoms with Crippen LogP contribution < -0.4 is 0 Å². The van der Waals surface area contributed by atoms with E-state index in [-0.39, 0.29) is 11.6 Å². The zero-order chi connectivity index (χ0) is 20.5. The Bertz CT molecular complexity index is 798. The number of rotatable bonds is 4. The van der Waals surface area contributed by atoms with Gasteiger partial charge in [0.05, 0.1) is 13.2 Å². The van der Waals surface area contributed by atoms with Crippen molar-refractivity contribution in [1.29, 1.82) is 0 Å². The van der Waals surface area contributed by atoms with Gasteiger partial charge in [0.1, 0.15) is 12.4 Å². The second kappa shape index (κ2) is 9.93. The van der Waals surface area contributed by atoms with Gasteiger partial charge < -0.3 is 19.2 Å². The van der Waals surface area contributed by atoms with Gasteiger partial charge in [-0.1, -0.05) is 46.0 Å². The van der Waals surface area contributed by atoms with Crippen molar-refractivity contribution in [1.82, 2.24) is 9.97 Å². The Labute approximate surface area is 162 Å². The van der Waals surface area contributed by atoms with E-state index in [1.807, 2.05) is 6.07 Å². The van der Waals surface area contributed by atoms with Crippen LogP contribution in [0.15, 0.2) is 36.7 Å². The molecule has 0 aliphatic rings.